The summed E-state index contributed by atoms with van der Waals surface area (Å²) in [5.41, 5.74) is 2.42. The highest BCUT2D eigenvalue weighted by atomic mass is 16.5. The van der Waals surface area contributed by atoms with Crippen molar-refractivity contribution >= 4 is 11.9 Å². The Labute approximate surface area is 163 Å². The summed E-state index contributed by atoms with van der Waals surface area (Å²) in [4.78, 5) is 30.2. The van der Waals surface area contributed by atoms with Crippen molar-refractivity contribution in [1.29, 1.82) is 0 Å². The minimum absolute atomic E-state index is 0.220. The number of nitrogens with zero attached hydrogens (tertiary/aromatic N) is 4. The minimum Gasteiger partial charge on any atom is -0.452 e. The molecular weight excluding hydrogens is 356 g/mol. The Balaban J connectivity index is 1.51. The van der Waals surface area contributed by atoms with Crippen LogP contribution in [0.3, 0.4) is 0 Å². The maximum atomic E-state index is 12.4. The van der Waals surface area contributed by atoms with E-state index in [0.717, 1.165) is 11.1 Å². The first-order valence-corrected chi connectivity index (χ1v) is 9.06. The van der Waals surface area contributed by atoms with E-state index >= 15 is 0 Å². The molecule has 0 saturated carbocycles. The van der Waals surface area contributed by atoms with Crippen LogP contribution in [0.4, 0.5) is 0 Å². The van der Waals surface area contributed by atoms with Crippen LogP contribution in [0.5, 0.6) is 0 Å². The number of carbonyl (C=O) groups excluding carboxylic acids is 2. The highest BCUT2D eigenvalue weighted by Gasteiger charge is 2.15. The molecule has 0 atom stereocenters. The van der Waals surface area contributed by atoms with E-state index in [1.165, 1.54) is 6.33 Å². The Morgan fingerprint density at radius 2 is 1.79 bits per heavy atom. The Kier molecular flexibility index (Phi) is 6.51. The lowest BCUT2D eigenvalue weighted by atomic mass is 10.1. The molecule has 3 rings (SSSR count). The molecule has 0 unspecified atom stereocenters. The molecule has 0 radical (unpaired) electrons. The quantitative estimate of drug-likeness (QED) is 0.563. The second-order valence-corrected chi connectivity index (χ2v) is 6.26. The summed E-state index contributed by atoms with van der Waals surface area (Å²) in [6.45, 7) is 3.22. The van der Waals surface area contributed by atoms with Gasteiger partial charge in [0.2, 0.25) is 0 Å². The van der Waals surface area contributed by atoms with E-state index in [9.17, 15) is 9.59 Å². The number of benzene rings is 2. The number of esters is 1. The van der Waals surface area contributed by atoms with Crippen molar-refractivity contribution in [2.24, 2.45) is 0 Å². The summed E-state index contributed by atoms with van der Waals surface area (Å²) in [7, 11) is 0. The maximum absolute atomic E-state index is 12.4. The number of hydrogen-bond acceptors (Lipinski definition) is 5. The molecule has 2 aromatic carbocycles. The average molecular weight is 378 g/mol. The van der Waals surface area contributed by atoms with E-state index in [1.54, 1.807) is 28.0 Å². The molecule has 1 aromatic heterocycles. The molecule has 1 amide bonds. The molecule has 0 saturated heterocycles. The molecule has 7 heteroatoms. The van der Waals surface area contributed by atoms with Gasteiger partial charge in [-0.1, -0.05) is 42.5 Å². The number of ether oxygens (including phenoxy) is 1. The van der Waals surface area contributed by atoms with Gasteiger partial charge in [-0.25, -0.2) is 14.5 Å². The predicted molar refractivity (Wildman–Crippen MR) is 103 cm³/mol. The van der Waals surface area contributed by atoms with Crippen LogP contribution in [-0.2, 0) is 22.6 Å². The van der Waals surface area contributed by atoms with Gasteiger partial charge in [0.15, 0.2) is 6.61 Å². The van der Waals surface area contributed by atoms with Crippen LogP contribution in [0.2, 0.25) is 0 Å². The lowest BCUT2D eigenvalue weighted by Crippen LogP contribution is -2.34. The molecule has 0 bridgehead atoms. The van der Waals surface area contributed by atoms with Crippen molar-refractivity contribution in [3.8, 4) is 0 Å². The molecular formula is C21H22N4O3. The zero-order valence-electron chi connectivity index (χ0n) is 15.7. The standard InChI is InChI=1S/C21H22N4O3/c1-2-24(12-17-6-4-3-5-7-17)20(26)14-28-21(27)19-10-8-18(9-11-19)13-25-16-22-15-23-25/h3-11,15-16H,2,12-14H2,1H3. The van der Waals surface area contributed by atoms with Gasteiger partial charge in [0.25, 0.3) is 5.91 Å². The first kappa shape index (κ1) is 19.3. The van der Waals surface area contributed by atoms with Gasteiger partial charge in [0.05, 0.1) is 12.1 Å². The smallest absolute Gasteiger partial charge is 0.338 e. The van der Waals surface area contributed by atoms with Crippen LogP contribution < -0.4 is 0 Å². The first-order valence-electron chi connectivity index (χ1n) is 9.06. The van der Waals surface area contributed by atoms with Crippen LogP contribution in [0.1, 0.15) is 28.4 Å². The molecule has 0 spiro atoms. The van der Waals surface area contributed by atoms with Gasteiger partial charge in [-0.05, 0) is 30.2 Å². The zero-order valence-corrected chi connectivity index (χ0v) is 15.7. The molecule has 0 aliphatic carbocycles. The molecule has 0 aliphatic heterocycles. The van der Waals surface area contributed by atoms with Crippen LogP contribution in [0.15, 0.2) is 67.3 Å². The second-order valence-electron chi connectivity index (χ2n) is 6.26. The third kappa shape index (κ3) is 5.26. The first-order chi connectivity index (χ1) is 13.7. The SMILES string of the molecule is CCN(Cc1ccccc1)C(=O)COC(=O)c1ccc(Cn2cncn2)cc1. The molecule has 0 aliphatic rings. The van der Waals surface area contributed by atoms with E-state index in [2.05, 4.69) is 10.1 Å². The third-order valence-electron chi connectivity index (χ3n) is 4.28. The van der Waals surface area contributed by atoms with Crippen LogP contribution in [0, 0.1) is 0 Å². The predicted octanol–water partition coefficient (Wildman–Crippen LogP) is 2.53. The van der Waals surface area contributed by atoms with Gasteiger partial charge in [-0.2, -0.15) is 5.10 Å². The fourth-order valence-electron chi connectivity index (χ4n) is 2.73. The summed E-state index contributed by atoms with van der Waals surface area (Å²) in [5.74, 6) is -0.737. The molecule has 28 heavy (non-hydrogen) atoms. The Morgan fingerprint density at radius 1 is 1.04 bits per heavy atom. The van der Waals surface area contributed by atoms with Crippen molar-refractivity contribution in [2.75, 3.05) is 13.2 Å². The Morgan fingerprint density at radius 3 is 2.43 bits per heavy atom. The van der Waals surface area contributed by atoms with E-state index in [1.807, 2.05) is 49.4 Å². The molecule has 3 aromatic rings. The number of rotatable bonds is 8. The lowest BCUT2D eigenvalue weighted by Gasteiger charge is -2.20. The number of amides is 1. The van der Waals surface area contributed by atoms with Crippen molar-refractivity contribution < 1.29 is 14.3 Å². The summed E-state index contributed by atoms with van der Waals surface area (Å²) < 4.78 is 6.89. The monoisotopic (exact) mass is 378 g/mol. The lowest BCUT2D eigenvalue weighted by molar-refractivity contribution is -0.134. The molecule has 7 nitrogen and oxygen atoms in total. The average Bonchev–Trinajstić information content (AvgIpc) is 3.24. The van der Waals surface area contributed by atoms with Gasteiger partial charge >= 0.3 is 5.97 Å². The highest BCUT2D eigenvalue weighted by molar-refractivity contribution is 5.91. The van der Waals surface area contributed by atoms with Crippen molar-refractivity contribution in [3.05, 3.63) is 83.9 Å². The van der Waals surface area contributed by atoms with Crippen molar-refractivity contribution in [2.45, 2.75) is 20.0 Å². The summed E-state index contributed by atoms with van der Waals surface area (Å²) in [6.07, 6.45) is 3.10. The number of likely N-dealkylation sites (N-methyl/N-ethyl adjacent to an activating group) is 1. The maximum Gasteiger partial charge on any atom is 0.338 e. The van der Waals surface area contributed by atoms with Gasteiger partial charge in [0, 0.05) is 13.1 Å². The molecule has 144 valence electrons. The summed E-state index contributed by atoms with van der Waals surface area (Å²) >= 11 is 0. The summed E-state index contributed by atoms with van der Waals surface area (Å²) in [6, 6.07) is 16.7. The van der Waals surface area contributed by atoms with Crippen LogP contribution in [-0.4, -0.2) is 44.7 Å². The highest BCUT2D eigenvalue weighted by Crippen LogP contribution is 2.09. The molecule has 1 heterocycles. The van der Waals surface area contributed by atoms with Crippen molar-refractivity contribution in [1.82, 2.24) is 19.7 Å². The fraction of sp³-hybridized carbons (Fsp3) is 0.238. The van der Waals surface area contributed by atoms with E-state index < -0.39 is 5.97 Å². The van der Waals surface area contributed by atoms with Gasteiger partial charge in [-0.3, -0.25) is 4.79 Å². The number of carbonyl (C=O) groups is 2. The van der Waals surface area contributed by atoms with E-state index in [4.69, 9.17) is 4.74 Å². The van der Waals surface area contributed by atoms with Gasteiger partial charge < -0.3 is 9.64 Å². The molecule has 0 fully saturated rings. The van der Waals surface area contributed by atoms with Crippen LogP contribution in [0.25, 0.3) is 0 Å². The summed E-state index contributed by atoms with van der Waals surface area (Å²) in [5, 5.41) is 4.04. The van der Waals surface area contributed by atoms with Crippen molar-refractivity contribution in [3.63, 3.8) is 0 Å². The van der Waals surface area contributed by atoms with E-state index in [0.29, 0.717) is 25.2 Å². The van der Waals surface area contributed by atoms with Crippen LogP contribution >= 0.6 is 0 Å². The van der Waals surface area contributed by atoms with E-state index in [-0.39, 0.29) is 12.5 Å². The number of hydrogen-bond donors (Lipinski definition) is 0. The Bertz CT molecular complexity index is 893. The minimum atomic E-state index is -0.517. The Hall–Kier alpha value is -3.48. The third-order valence-corrected chi connectivity index (χ3v) is 4.28. The van der Waals surface area contributed by atoms with Gasteiger partial charge in [0.1, 0.15) is 12.7 Å². The second kappa shape index (κ2) is 9.45. The zero-order chi connectivity index (χ0) is 19.8. The fourth-order valence-corrected chi connectivity index (χ4v) is 2.73. The normalized spacial score (nSPS) is 10.5. The largest absolute Gasteiger partial charge is 0.452 e. The van der Waals surface area contributed by atoms with Gasteiger partial charge in [-0.15, -0.1) is 0 Å². The molecule has 0 N–H and O–H groups in total. The number of aromatic nitrogens is 3. The topological polar surface area (TPSA) is 77.3 Å².